The molecule has 1 unspecified atom stereocenters. The first kappa shape index (κ1) is 13.0. The van der Waals surface area contributed by atoms with Gasteiger partial charge >= 0.3 is 0 Å². The van der Waals surface area contributed by atoms with E-state index in [0.29, 0.717) is 0 Å². The van der Waals surface area contributed by atoms with Crippen molar-refractivity contribution in [1.29, 1.82) is 0 Å². The summed E-state index contributed by atoms with van der Waals surface area (Å²) in [5.41, 5.74) is 1.99. The summed E-state index contributed by atoms with van der Waals surface area (Å²) in [7, 11) is 0. The van der Waals surface area contributed by atoms with Gasteiger partial charge in [0.05, 0.1) is 11.6 Å². The number of hydrogen-bond donors (Lipinski definition) is 1. The second-order valence-electron chi connectivity index (χ2n) is 4.82. The lowest BCUT2D eigenvalue weighted by Crippen LogP contribution is -1.97. The summed E-state index contributed by atoms with van der Waals surface area (Å²) in [6.45, 7) is 2.20. The summed E-state index contributed by atoms with van der Waals surface area (Å²) < 4.78 is 0. The van der Waals surface area contributed by atoms with Crippen LogP contribution in [-0.2, 0) is 0 Å². The quantitative estimate of drug-likeness (QED) is 0.770. The molecule has 0 bridgehead atoms. The number of aliphatic hydroxyl groups excluding tert-OH is 1. The van der Waals surface area contributed by atoms with E-state index in [9.17, 15) is 5.11 Å². The van der Waals surface area contributed by atoms with Crippen molar-refractivity contribution in [3.05, 3.63) is 42.1 Å². The van der Waals surface area contributed by atoms with Crippen molar-refractivity contribution >= 4 is 10.9 Å². The molecule has 0 aliphatic rings. The van der Waals surface area contributed by atoms with Gasteiger partial charge in [-0.15, -0.1) is 0 Å². The number of aromatic nitrogens is 1. The average Bonchev–Trinajstić information content (AvgIpc) is 2.43. The van der Waals surface area contributed by atoms with Crippen molar-refractivity contribution in [1.82, 2.24) is 4.98 Å². The van der Waals surface area contributed by atoms with E-state index in [4.69, 9.17) is 0 Å². The number of rotatable bonds is 6. The van der Waals surface area contributed by atoms with E-state index in [2.05, 4.69) is 11.9 Å². The molecule has 1 aromatic heterocycles. The van der Waals surface area contributed by atoms with Crippen LogP contribution >= 0.6 is 0 Å². The maximum Gasteiger partial charge on any atom is 0.0790 e. The molecule has 0 aliphatic heterocycles. The topological polar surface area (TPSA) is 33.1 Å². The molecule has 0 saturated carbocycles. The first-order valence-electron chi connectivity index (χ1n) is 6.84. The summed E-state index contributed by atoms with van der Waals surface area (Å²) in [5.74, 6) is 0. The second-order valence-corrected chi connectivity index (χ2v) is 4.82. The highest BCUT2D eigenvalue weighted by molar-refractivity contribution is 5.78. The fourth-order valence-electron chi connectivity index (χ4n) is 2.23. The molecule has 2 rings (SSSR count). The monoisotopic (exact) mass is 243 g/mol. The lowest BCUT2D eigenvalue weighted by molar-refractivity contribution is 0.163. The Labute approximate surface area is 109 Å². The number of benzene rings is 1. The largest absolute Gasteiger partial charge is 0.388 e. The Balaban J connectivity index is 2.01. The van der Waals surface area contributed by atoms with Crippen LogP contribution in [0.2, 0.25) is 0 Å². The molecule has 0 radical (unpaired) electrons. The van der Waals surface area contributed by atoms with Gasteiger partial charge < -0.3 is 5.11 Å². The lowest BCUT2D eigenvalue weighted by atomic mass is 10.0. The van der Waals surface area contributed by atoms with Crippen LogP contribution in [0.5, 0.6) is 0 Å². The molecule has 1 atom stereocenters. The summed E-state index contributed by atoms with van der Waals surface area (Å²) in [6.07, 6.45) is 7.11. The third-order valence-electron chi connectivity index (χ3n) is 3.34. The smallest absolute Gasteiger partial charge is 0.0790 e. The van der Waals surface area contributed by atoms with Crippen LogP contribution in [-0.4, -0.2) is 10.1 Å². The van der Waals surface area contributed by atoms with Crippen molar-refractivity contribution in [2.24, 2.45) is 0 Å². The molecule has 0 aliphatic carbocycles. The molecule has 1 heterocycles. The zero-order valence-electron chi connectivity index (χ0n) is 11.0. The minimum Gasteiger partial charge on any atom is -0.388 e. The standard InChI is InChI=1S/C16H21NO/c1-2-3-4-5-8-16(18)14-9-10-15-13(12-14)7-6-11-17-15/h6-7,9-12,16,18H,2-5,8H2,1H3. The Bertz CT molecular complexity index is 495. The van der Waals surface area contributed by atoms with Crippen LogP contribution in [0, 0.1) is 0 Å². The number of pyridine rings is 1. The van der Waals surface area contributed by atoms with Crippen molar-refractivity contribution in [2.45, 2.75) is 45.1 Å². The molecule has 18 heavy (non-hydrogen) atoms. The predicted octanol–water partition coefficient (Wildman–Crippen LogP) is 4.24. The fourth-order valence-corrected chi connectivity index (χ4v) is 2.23. The van der Waals surface area contributed by atoms with E-state index in [-0.39, 0.29) is 6.10 Å². The van der Waals surface area contributed by atoms with Crippen LogP contribution in [0.1, 0.15) is 50.7 Å². The maximum atomic E-state index is 10.2. The summed E-state index contributed by atoms with van der Waals surface area (Å²) in [4.78, 5) is 4.29. The molecule has 2 nitrogen and oxygen atoms in total. The number of unbranched alkanes of at least 4 members (excludes halogenated alkanes) is 3. The first-order chi connectivity index (χ1) is 8.81. The third kappa shape index (κ3) is 3.30. The zero-order valence-corrected chi connectivity index (χ0v) is 11.0. The molecule has 2 heteroatoms. The predicted molar refractivity (Wildman–Crippen MR) is 75.5 cm³/mol. The van der Waals surface area contributed by atoms with E-state index in [0.717, 1.165) is 29.3 Å². The fraction of sp³-hybridized carbons (Fsp3) is 0.438. The van der Waals surface area contributed by atoms with E-state index in [1.54, 1.807) is 6.20 Å². The Hall–Kier alpha value is -1.41. The first-order valence-corrected chi connectivity index (χ1v) is 6.84. The Kier molecular flexibility index (Phi) is 4.71. The highest BCUT2D eigenvalue weighted by atomic mass is 16.3. The Morgan fingerprint density at radius 3 is 2.89 bits per heavy atom. The summed E-state index contributed by atoms with van der Waals surface area (Å²) in [5, 5.41) is 11.3. The van der Waals surface area contributed by atoms with Gasteiger partial charge in [0.1, 0.15) is 0 Å². The normalized spacial score (nSPS) is 12.8. The van der Waals surface area contributed by atoms with Crippen LogP contribution in [0.15, 0.2) is 36.5 Å². The van der Waals surface area contributed by atoms with Crippen LogP contribution in [0.3, 0.4) is 0 Å². The summed E-state index contributed by atoms with van der Waals surface area (Å²) >= 11 is 0. The zero-order chi connectivity index (χ0) is 12.8. The SMILES string of the molecule is CCCCCCC(O)c1ccc2ncccc2c1. The van der Waals surface area contributed by atoms with Gasteiger partial charge in [0, 0.05) is 11.6 Å². The molecule has 0 spiro atoms. The number of hydrogen-bond acceptors (Lipinski definition) is 2. The van der Waals surface area contributed by atoms with Crippen LogP contribution < -0.4 is 0 Å². The molecule has 1 aromatic carbocycles. The lowest BCUT2D eigenvalue weighted by Gasteiger charge is -2.11. The number of fused-ring (bicyclic) bond motifs is 1. The van der Waals surface area contributed by atoms with E-state index >= 15 is 0 Å². The third-order valence-corrected chi connectivity index (χ3v) is 3.34. The minimum atomic E-state index is -0.341. The van der Waals surface area contributed by atoms with E-state index in [1.165, 1.54) is 19.3 Å². The van der Waals surface area contributed by atoms with Crippen molar-refractivity contribution in [3.63, 3.8) is 0 Å². The van der Waals surface area contributed by atoms with Gasteiger partial charge in [-0.25, -0.2) is 0 Å². The van der Waals surface area contributed by atoms with E-state index in [1.807, 2.05) is 30.3 Å². The maximum absolute atomic E-state index is 10.2. The number of nitrogens with zero attached hydrogens (tertiary/aromatic N) is 1. The molecule has 0 amide bonds. The summed E-state index contributed by atoms with van der Waals surface area (Å²) in [6, 6.07) is 9.99. The van der Waals surface area contributed by atoms with E-state index < -0.39 is 0 Å². The Morgan fingerprint density at radius 1 is 1.17 bits per heavy atom. The van der Waals surface area contributed by atoms with Gasteiger partial charge in [-0.3, -0.25) is 4.98 Å². The van der Waals surface area contributed by atoms with Crippen LogP contribution in [0.4, 0.5) is 0 Å². The van der Waals surface area contributed by atoms with Crippen molar-refractivity contribution in [3.8, 4) is 0 Å². The highest BCUT2D eigenvalue weighted by Crippen LogP contribution is 2.23. The van der Waals surface area contributed by atoms with Crippen molar-refractivity contribution < 1.29 is 5.11 Å². The molecular formula is C16H21NO. The highest BCUT2D eigenvalue weighted by Gasteiger charge is 2.07. The van der Waals surface area contributed by atoms with Gasteiger partial charge in [-0.2, -0.15) is 0 Å². The molecule has 2 aromatic rings. The van der Waals surface area contributed by atoms with Gasteiger partial charge in [-0.05, 0) is 30.2 Å². The Morgan fingerprint density at radius 2 is 2.06 bits per heavy atom. The molecule has 0 fully saturated rings. The molecule has 0 saturated heterocycles. The molecular weight excluding hydrogens is 222 g/mol. The van der Waals surface area contributed by atoms with Gasteiger partial charge in [0.25, 0.3) is 0 Å². The van der Waals surface area contributed by atoms with Crippen molar-refractivity contribution in [2.75, 3.05) is 0 Å². The molecule has 96 valence electrons. The van der Waals surface area contributed by atoms with Crippen LogP contribution in [0.25, 0.3) is 10.9 Å². The second kappa shape index (κ2) is 6.50. The van der Waals surface area contributed by atoms with Gasteiger partial charge in [0.15, 0.2) is 0 Å². The minimum absolute atomic E-state index is 0.341. The number of aliphatic hydroxyl groups is 1. The average molecular weight is 243 g/mol. The van der Waals surface area contributed by atoms with Gasteiger partial charge in [-0.1, -0.05) is 44.7 Å². The van der Waals surface area contributed by atoms with Gasteiger partial charge in [0.2, 0.25) is 0 Å². The molecule has 1 N–H and O–H groups in total.